The molecule has 0 spiro atoms. The molecule has 1 aromatic rings. The van der Waals surface area contributed by atoms with Crippen molar-refractivity contribution in [2.75, 3.05) is 13.1 Å². The number of nitrogens with zero attached hydrogens (tertiary/aromatic N) is 3. The first-order valence-corrected chi connectivity index (χ1v) is 5.07. The van der Waals surface area contributed by atoms with Crippen molar-refractivity contribution in [1.29, 1.82) is 0 Å². The summed E-state index contributed by atoms with van der Waals surface area (Å²) in [7, 11) is 1.85. The van der Waals surface area contributed by atoms with Gasteiger partial charge in [-0.1, -0.05) is 6.08 Å². The zero-order valence-corrected chi connectivity index (χ0v) is 9.68. The molecule has 0 atom stereocenters. The molecule has 5 nitrogen and oxygen atoms in total. The second-order valence-electron chi connectivity index (χ2n) is 3.77. The van der Waals surface area contributed by atoms with Gasteiger partial charge in [-0.3, -0.25) is 14.4 Å². The lowest BCUT2D eigenvalue weighted by Crippen LogP contribution is -2.29. The number of rotatable bonds is 6. The second kappa shape index (κ2) is 5.46. The molecule has 0 fully saturated rings. The summed E-state index contributed by atoms with van der Waals surface area (Å²) in [5.41, 5.74) is 1.98. The quantitative estimate of drug-likeness (QED) is 0.725. The molecule has 0 saturated heterocycles. The minimum atomic E-state index is -0.830. The van der Waals surface area contributed by atoms with Crippen molar-refractivity contribution in [2.45, 2.75) is 13.5 Å². The van der Waals surface area contributed by atoms with Crippen molar-refractivity contribution in [2.24, 2.45) is 7.05 Å². The molecule has 1 rings (SSSR count). The molecule has 0 aliphatic heterocycles. The van der Waals surface area contributed by atoms with Crippen LogP contribution in [0.5, 0.6) is 0 Å². The van der Waals surface area contributed by atoms with Crippen molar-refractivity contribution in [3.8, 4) is 0 Å². The summed E-state index contributed by atoms with van der Waals surface area (Å²) in [6, 6.07) is 0. The average molecular weight is 223 g/mol. The number of carboxylic acid groups (broad SMARTS) is 1. The van der Waals surface area contributed by atoms with Crippen LogP contribution in [-0.4, -0.2) is 38.8 Å². The van der Waals surface area contributed by atoms with Crippen LogP contribution >= 0.6 is 0 Å². The summed E-state index contributed by atoms with van der Waals surface area (Å²) in [6.07, 6.45) is 3.61. The van der Waals surface area contributed by atoms with Gasteiger partial charge in [-0.05, 0) is 6.92 Å². The van der Waals surface area contributed by atoms with Crippen LogP contribution < -0.4 is 0 Å². The van der Waals surface area contributed by atoms with E-state index < -0.39 is 5.97 Å². The predicted molar refractivity (Wildman–Crippen MR) is 61.1 cm³/mol. The Morgan fingerprint density at radius 2 is 2.44 bits per heavy atom. The molecule has 1 aromatic heterocycles. The lowest BCUT2D eigenvalue weighted by molar-refractivity contribution is -0.138. The highest BCUT2D eigenvalue weighted by atomic mass is 16.4. The molecular formula is C11H17N3O2. The summed E-state index contributed by atoms with van der Waals surface area (Å²) in [5, 5.41) is 13.0. The number of aromatic nitrogens is 2. The molecule has 0 amide bonds. The van der Waals surface area contributed by atoms with Gasteiger partial charge in [0.2, 0.25) is 0 Å². The van der Waals surface area contributed by atoms with E-state index in [-0.39, 0.29) is 6.54 Å². The largest absolute Gasteiger partial charge is 0.480 e. The van der Waals surface area contributed by atoms with Crippen molar-refractivity contribution in [3.05, 3.63) is 30.1 Å². The molecule has 1 N–H and O–H groups in total. The molecule has 0 bridgehead atoms. The van der Waals surface area contributed by atoms with Gasteiger partial charge in [0, 0.05) is 31.9 Å². The molecule has 16 heavy (non-hydrogen) atoms. The highest BCUT2D eigenvalue weighted by Crippen LogP contribution is 2.08. The fraction of sp³-hybridized carbons (Fsp3) is 0.455. The van der Waals surface area contributed by atoms with Gasteiger partial charge in [0.05, 0.1) is 12.2 Å². The molecule has 0 radical (unpaired) electrons. The minimum Gasteiger partial charge on any atom is -0.480 e. The molecule has 0 saturated carbocycles. The first-order valence-electron chi connectivity index (χ1n) is 5.07. The van der Waals surface area contributed by atoms with E-state index >= 15 is 0 Å². The zero-order valence-electron chi connectivity index (χ0n) is 9.68. The molecule has 0 aliphatic rings. The lowest BCUT2D eigenvalue weighted by Gasteiger charge is -2.17. The van der Waals surface area contributed by atoms with Crippen molar-refractivity contribution >= 4 is 5.97 Å². The van der Waals surface area contributed by atoms with E-state index in [4.69, 9.17) is 5.11 Å². The summed E-state index contributed by atoms with van der Waals surface area (Å²) in [4.78, 5) is 12.5. The van der Waals surface area contributed by atoms with Gasteiger partial charge in [0.25, 0.3) is 0 Å². The van der Waals surface area contributed by atoms with E-state index in [1.165, 1.54) is 0 Å². The lowest BCUT2D eigenvalue weighted by atomic mass is 10.2. The molecule has 88 valence electrons. The Kier molecular flexibility index (Phi) is 4.25. The summed E-state index contributed by atoms with van der Waals surface area (Å²) in [6.45, 7) is 6.69. The smallest absolute Gasteiger partial charge is 0.317 e. The number of carbonyl (C=O) groups is 1. The Balaban J connectivity index is 2.70. The zero-order chi connectivity index (χ0) is 12.1. The Morgan fingerprint density at radius 3 is 2.88 bits per heavy atom. The predicted octanol–water partition coefficient (Wildman–Crippen LogP) is 0.801. The maximum atomic E-state index is 10.7. The van der Waals surface area contributed by atoms with Crippen LogP contribution in [-0.2, 0) is 18.4 Å². The van der Waals surface area contributed by atoms with Gasteiger partial charge in [-0.25, -0.2) is 0 Å². The second-order valence-corrected chi connectivity index (χ2v) is 3.77. The number of aryl methyl sites for hydroxylation is 2. The SMILES string of the molecule is C=CCN(CC(=O)O)Cc1cn(C)nc1C. The van der Waals surface area contributed by atoms with Crippen LogP contribution in [0.2, 0.25) is 0 Å². The molecule has 1 heterocycles. The molecular weight excluding hydrogens is 206 g/mol. The first-order chi connectivity index (χ1) is 7.52. The number of hydrogen-bond donors (Lipinski definition) is 1. The summed E-state index contributed by atoms with van der Waals surface area (Å²) < 4.78 is 1.73. The van der Waals surface area contributed by atoms with Crippen LogP contribution in [0, 0.1) is 6.92 Å². The standard InChI is InChI=1S/C11H17N3O2/c1-4-5-14(8-11(15)16)7-10-6-13(3)12-9(10)2/h4,6H,1,5,7-8H2,2-3H3,(H,15,16). The molecule has 0 aromatic carbocycles. The molecule has 0 unspecified atom stereocenters. The number of hydrogen-bond acceptors (Lipinski definition) is 3. The third kappa shape index (κ3) is 3.51. The molecule has 0 aliphatic carbocycles. The third-order valence-corrected chi connectivity index (χ3v) is 2.26. The topological polar surface area (TPSA) is 58.4 Å². The van der Waals surface area contributed by atoms with Crippen LogP contribution in [0.1, 0.15) is 11.3 Å². The van der Waals surface area contributed by atoms with Crippen LogP contribution in [0.3, 0.4) is 0 Å². The number of carboxylic acids is 1. The van der Waals surface area contributed by atoms with Gasteiger partial charge in [0.1, 0.15) is 0 Å². The molecule has 5 heteroatoms. The Bertz CT molecular complexity index is 385. The third-order valence-electron chi connectivity index (χ3n) is 2.26. The van der Waals surface area contributed by atoms with E-state index in [1.807, 2.05) is 20.2 Å². The monoisotopic (exact) mass is 223 g/mol. The van der Waals surface area contributed by atoms with Gasteiger partial charge < -0.3 is 5.11 Å². The van der Waals surface area contributed by atoms with Gasteiger partial charge in [-0.2, -0.15) is 5.10 Å². The average Bonchev–Trinajstić information content (AvgIpc) is 2.44. The summed E-state index contributed by atoms with van der Waals surface area (Å²) in [5.74, 6) is -0.830. The van der Waals surface area contributed by atoms with Crippen LogP contribution in [0.4, 0.5) is 0 Å². The minimum absolute atomic E-state index is 0.0142. The maximum Gasteiger partial charge on any atom is 0.317 e. The van der Waals surface area contributed by atoms with Crippen molar-refractivity contribution < 1.29 is 9.90 Å². The normalized spacial score (nSPS) is 10.7. The van der Waals surface area contributed by atoms with Gasteiger partial charge in [0.15, 0.2) is 0 Å². The fourth-order valence-corrected chi connectivity index (χ4v) is 1.60. The highest BCUT2D eigenvalue weighted by Gasteiger charge is 2.11. The van der Waals surface area contributed by atoms with Crippen molar-refractivity contribution in [3.63, 3.8) is 0 Å². The van der Waals surface area contributed by atoms with Gasteiger partial charge in [-0.15, -0.1) is 6.58 Å². The summed E-state index contributed by atoms with van der Waals surface area (Å²) >= 11 is 0. The Hall–Kier alpha value is -1.62. The Morgan fingerprint density at radius 1 is 1.75 bits per heavy atom. The fourth-order valence-electron chi connectivity index (χ4n) is 1.60. The van der Waals surface area contributed by atoms with E-state index in [2.05, 4.69) is 11.7 Å². The van der Waals surface area contributed by atoms with Gasteiger partial charge >= 0.3 is 5.97 Å². The highest BCUT2D eigenvalue weighted by molar-refractivity contribution is 5.69. The van der Waals surface area contributed by atoms with E-state index in [0.717, 1.165) is 11.3 Å². The van der Waals surface area contributed by atoms with Crippen LogP contribution in [0.25, 0.3) is 0 Å². The Labute approximate surface area is 95.0 Å². The number of aliphatic carboxylic acids is 1. The van der Waals surface area contributed by atoms with E-state index in [9.17, 15) is 4.79 Å². The van der Waals surface area contributed by atoms with Crippen LogP contribution in [0.15, 0.2) is 18.9 Å². The first kappa shape index (κ1) is 12.4. The van der Waals surface area contributed by atoms with E-state index in [0.29, 0.717) is 13.1 Å². The van der Waals surface area contributed by atoms with Crippen molar-refractivity contribution in [1.82, 2.24) is 14.7 Å². The van der Waals surface area contributed by atoms with E-state index in [1.54, 1.807) is 15.7 Å². The maximum absolute atomic E-state index is 10.7.